The predicted octanol–water partition coefficient (Wildman–Crippen LogP) is 3.95. The van der Waals surface area contributed by atoms with Gasteiger partial charge in [-0.15, -0.1) is 0 Å². The first-order chi connectivity index (χ1) is 14.3. The first-order valence-corrected chi connectivity index (χ1v) is 9.85. The molecule has 0 spiro atoms. The van der Waals surface area contributed by atoms with Gasteiger partial charge in [-0.05, 0) is 22.3 Å². The maximum absolute atomic E-state index is 13.3. The van der Waals surface area contributed by atoms with Crippen molar-refractivity contribution in [2.75, 3.05) is 14.2 Å². The molecule has 1 atom stereocenters. The van der Waals surface area contributed by atoms with Crippen LogP contribution < -0.4 is 10.5 Å². The number of hydrogen-bond acceptors (Lipinski definition) is 6. The normalized spacial score (nSPS) is 20.7. The van der Waals surface area contributed by atoms with Gasteiger partial charge in [0.1, 0.15) is 17.1 Å². The number of methoxy groups -OCH3 is 2. The molecule has 2 aliphatic rings. The van der Waals surface area contributed by atoms with E-state index in [9.17, 15) is 9.59 Å². The second-order valence-corrected chi connectivity index (χ2v) is 8.49. The van der Waals surface area contributed by atoms with Gasteiger partial charge in [-0.3, -0.25) is 4.79 Å². The zero-order valence-corrected chi connectivity index (χ0v) is 17.6. The van der Waals surface area contributed by atoms with Crippen LogP contribution in [-0.2, 0) is 19.1 Å². The van der Waals surface area contributed by atoms with Crippen LogP contribution in [0.25, 0.3) is 10.8 Å². The van der Waals surface area contributed by atoms with E-state index in [2.05, 4.69) is 0 Å². The lowest BCUT2D eigenvalue weighted by Gasteiger charge is -2.38. The van der Waals surface area contributed by atoms with Crippen molar-refractivity contribution in [2.45, 2.75) is 32.6 Å². The minimum Gasteiger partial charge on any atom is -0.496 e. The van der Waals surface area contributed by atoms with E-state index in [1.54, 1.807) is 7.11 Å². The molecule has 6 heteroatoms. The number of benzene rings is 2. The van der Waals surface area contributed by atoms with E-state index in [4.69, 9.17) is 19.9 Å². The summed E-state index contributed by atoms with van der Waals surface area (Å²) in [6, 6.07) is 11.6. The Morgan fingerprint density at radius 3 is 2.57 bits per heavy atom. The summed E-state index contributed by atoms with van der Waals surface area (Å²) >= 11 is 0. The van der Waals surface area contributed by atoms with Crippen molar-refractivity contribution >= 4 is 22.5 Å². The summed E-state index contributed by atoms with van der Waals surface area (Å²) in [6.07, 6.45) is 0.903. The van der Waals surface area contributed by atoms with Crippen LogP contribution in [0.5, 0.6) is 5.75 Å². The highest BCUT2D eigenvalue weighted by Crippen LogP contribution is 2.51. The Kier molecular flexibility index (Phi) is 4.80. The number of nitrogens with two attached hydrogens (primary N) is 1. The fourth-order valence-electron chi connectivity index (χ4n) is 4.53. The SMILES string of the molecule is COC(=O)C1=C(N)OC2=C(C(=O)CC(C)(C)C2)C1c1c(OC)ccc2ccccc12. The standard InChI is InChI=1S/C24H25NO5/c1-24(2)11-15(26)19-17(12-24)30-22(25)21(23(27)29-4)20(19)18-14-8-6-5-7-13(14)9-10-16(18)28-3/h5-10,20H,11-12,25H2,1-4H3. The number of ketones is 1. The first kappa shape index (κ1) is 20.0. The number of carbonyl (C=O) groups is 2. The third-order valence-electron chi connectivity index (χ3n) is 5.80. The quantitative estimate of drug-likeness (QED) is 0.775. The van der Waals surface area contributed by atoms with Crippen LogP contribution in [0.15, 0.2) is 59.2 Å². The number of Topliss-reactive ketones (excluding diaryl/α,β-unsaturated/α-hetero) is 1. The Morgan fingerprint density at radius 1 is 1.13 bits per heavy atom. The average Bonchev–Trinajstić information content (AvgIpc) is 2.70. The lowest BCUT2D eigenvalue weighted by atomic mass is 9.69. The van der Waals surface area contributed by atoms with Crippen molar-refractivity contribution in [1.29, 1.82) is 0 Å². The van der Waals surface area contributed by atoms with Gasteiger partial charge in [0.15, 0.2) is 5.78 Å². The van der Waals surface area contributed by atoms with Crippen LogP contribution in [0.4, 0.5) is 0 Å². The van der Waals surface area contributed by atoms with Gasteiger partial charge in [-0.1, -0.05) is 44.2 Å². The maximum atomic E-state index is 13.3. The van der Waals surface area contributed by atoms with Gasteiger partial charge in [0.25, 0.3) is 0 Å². The molecule has 0 bridgehead atoms. The Bertz CT molecular complexity index is 1130. The lowest BCUT2D eigenvalue weighted by Crippen LogP contribution is -2.35. The molecule has 0 saturated carbocycles. The fourth-order valence-corrected chi connectivity index (χ4v) is 4.53. The van der Waals surface area contributed by atoms with Crippen LogP contribution in [0.2, 0.25) is 0 Å². The molecular weight excluding hydrogens is 382 g/mol. The third-order valence-corrected chi connectivity index (χ3v) is 5.80. The van der Waals surface area contributed by atoms with Crippen LogP contribution in [0, 0.1) is 5.41 Å². The Morgan fingerprint density at radius 2 is 1.87 bits per heavy atom. The number of allylic oxidation sites excluding steroid dienone is 2. The summed E-state index contributed by atoms with van der Waals surface area (Å²) in [5.41, 5.74) is 7.26. The molecule has 30 heavy (non-hydrogen) atoms. The minimum atomic E-state index is -0.731. The predicted molar refractivity (Wildman–Crippen MR) is 113 cm³/mol. The largest absolute Gasteiger partial charge is 0.496 e. The molecule has 156 valence electrons. The number of rotatable bonds is 3. The summed E-state index contributed by atoms with van der Waals surface area (Å²) in [5, 5.41) is 1.84. The topological polar surface area (TPSA) is 87.9 Å². The molecule has 1 aliphatic carbocycles. The lowest BCUT2D eigenvalue weighted by molar-refractivity contribution is -0.136. The molecule has 1 heterocycles. The van der Waals surface area contributed by atoms with Gasteiger partial charge in [0.2, 0.25) is 5.88 Å². The van der Waals surface area contributed by atoms with Crippen LogP contribution in [0.3, 0.4) is 0 Å². The van der Waals surface area contributed by atoms with Crippen molar-refractivity contribution in [1.82, 2.24) is 0 Å². The summed E-state index contributed by atoms with van der Waals surface area (Å²) < 4.78 is 16.5. The van der Waals surface area contributed by atoms with Crippen molar-refractivity contribution in [3.63, 3.8) is 0 Å². The van der Waals surface area contributed by atoms with E-state index in [1.165, 1.54) is 7.11 Å². The molecule has 2 aromatic rings. The number of esters is 1. The number of fused-ring (bicyclic) bond motifs is 1. The molecule has 2 aromatic carbocycles. The van der Waals surface area contributed by atoms with Crippen molar-refractivity contribution in [2.24, 2.45) is 11.1 Å². The molecular formula is C24H25NO5. The highest BCUT2D eigenvalue weighted by molar-refractivity contribution is 6.05. The van der Waals surface area contributed by atoms with Crippen LogP contribution >= 0.6 is 0 Å². The monoisotopic (exact) mass is 407 g/mol. The molecule has 0 aromatic heterocycles. The van der Waals surface area contributed by atoms with Crippen molar-refractivity contribution in [3.8, 4) is 5.75 Å². The second kappa shape index (κ2) is 7.20. The van der Waals surface area contributed by atoms with Crippen molar-refractivity contribution < 1.29 is 23.8 Å². The van der Waals surface area contributed by atoms with Gasteiger partial charge >= 0.3 is 5.97 Å². The number of hydrogen-bond donors (Lipinski definition) is 1. The molecule has 4 rings (SSSR count). The van der Waals surface area contributed by atoms with E-state index in [0.717, 1.165) is 10.8 Å². The summed E-state index contributed by atoms with van der Waals surface area (Å²) in [7, 11) is 2.86. The van der Waals surface area contributed by atoms with Gasteiger partial charge in [0.05, 0.1) is 20.1 Å². The van der Waals surface area contributed by atoms with E-state index in [-0.39, 0.29) is 22.7 Å². The smallest absolute Gasteiger partial charge is 0.340 e. The van der Waals surface area contributed by atoms with Gasteiger partial charge in [-0.25, -0.2) is 4.79 Å². The third kappa shape index (κ3) is 3.12. The molecule has 0 saturated heterocycles. The van der Waals surface area contributed by atoms with Gasteiger partial charge < -0.3 is 19.9 Å². The molecule has 6 nitrogen and oxygen atoms in total. The van der Waals surface area contributed by atoms with Gasteiger partial charge in [-0.2, -0.15) is 0 Å². The maximum Gasteiger partial charge on any atom is 0.340 e. The Labute approximate surface area is 175 Å². The van der Waals surface area contributed by atoms with Crippen LogP contribution in [0.1, 0.15) is 38.2 Å². The highest BCUT2D eigenvalue weighted by atomic mass is 16.5. The summed E-state index contributed by atoms with van der Waals surface area (Å²) in [4.78, 5) is 26.1. The van der Waals surface area contributed by atoms with Crippen molar-refractivity contribution in [3.05, 3.63) is 64.8 Å². The zero-order valence-electron chi connectivity index (χ0n) is 17.6. The van der Waals surface area contributed by atoms with E-state index >= 15 is 0 Å². The highest BCUT2D eigenvalue weighted by Gasteiger charge is 2.46. The fraction of sp³-hybridized carbons (Fsp3) is 0.333. The molecule has 0 radical (unpaired) electrons. The summed E-state index contributed by atoms with van der Waals surface area (Å²) in [5.74, 6) is -0.371. The van der Waals surface area contributed by atoms with E-state index < -0.39 is 11.9 Å². The Hall–Kier alpha value is -3.28. The molecule has 1 unspecified atom stereocenters. The van der Waals surface area contributed by atoms with Crippen LogP contribution in [-0.4, -0.2) is 26.0 Å². The molecule has 0 fully saturated rings. The van der Waals surface area contributed by atoms with E-state index in [0.29, 0.717) is 35.5 Å². The average molecular weight is 407 g/mol. The first-order valence-electron chi connectivity index (χ1n) is 9.85. The minimum absolute atomic E-state index is 0.0360. The Balaban J connectivity index is 2.07. The molecule has 0 amide bonds. The number of ether oxygens (including phenoxy) is 3. The van der Waals surface area contributed by atoms with E-state index in [1.807, 2.05) is 50.2 Å². The zero-order chi connectivity index (χ0) is 21.6. The number of carbonyl (C=O) groups excluding carboxylic acids is 2. The molecule has 1 aliphatic heterocycles. The molecule has 2 N–H and O–H groups in total. The summed E-state index contributed by atoms with van der Waals surface area (Å²) in [6.45, 7) is 4.03. The second-order valence-electron chi connectivity index (χ2n) is 8.49. The van der Waals surface area contributed by atoms with Gasteiger partial charge in [0, 0.05) is 24.0 Å².